The number of ether oxygens (including phenoxy) is 1. The highest BCUT2D eigenvalue weighted by Gasteiger charge is 2.09. The van der Waals surface area contributed by atoms with E-state index in [-0.39, 0.29) is 11.1 Å². The third kappa shape index (κ3) is 3.89. The minimum Gasteiger partial charge on any atom is -0.495 e. The number of rotatable bonds is 4. The standard InChI is InChI=1S/C12H18N4OS/c1-3-5-8-6-4-7-9(17-2)10(8)15-12(18)16-11(13)14/h4,6-7H,3,5H2,1-2H3,(H5,13,14,15,16,18). The van der Waals surface area contributed by atoms with Crippen molar-refractivity contribution in [2.24, 2.45) is 16.5 Å². The van der Waals surface area contributed by atoms with Crippen molar-refractivity contribution >= 4 is 29.0 Å². The van der Waals surface area contributed by atoms with Crippen LogP contribution in [0, 0.1) is 0 Å². The minimum absolute atomic E-state index is 0.0700. The van der Waals surface area contributed by atoms with Gasteiger partial charge in [-0.1, -0.05) is 25.5 Å². The number of thiocarbonyl (C=S) groups is 1. The molecule has 0 aliphatic carbocycles. The van der Waals surface area contributed by atoms with Gasteiger partial charge in [-0.25, -0.2) is 0 Å². The van der Waals surface area contributed by atoms with Gasteiger partial charge in [0, 0.05) is 0 Å². The molecular weight excluding hydrogens is 248 g/mol. The fourth-order valence-corrected chi connectivity index (χ4v) is 1.83. The van der Waals surface area contributed by atoms with Crippen LogP contribution in [0.4, 0.5) is 5.69 Å². The molecule has 0 spiro atoms. The molecule has 0 aromatic heterocycles. The first-order valence-electron chi connectivity index (χ1n) is 5.65. The first-order chi connectivity index (χ1) is 8.58. The summed E-state index contributed by atoms with van der Waals surface area (Å²) in [7, 11) is 1.61. The molecule has 18 heavy (non-hydrogen) atoms. The first-order valence-corrected chi connectivity index (χ1v) is 6.05. The molecule has 0 aliphatic rings. The Morgan fingerprint density at radius 2 is 2.17 bits per heavy atom. The van der Waals surface area contributed by atoms with Crippen molar-refractivity contribution in [3.05, 3.63) is 23.8 Å². The van der Waals surface area contributed by atoms with Crippen LogP contribution in [-0.2, 0) is 6.42 Å². The Balaban J connectivity index is 3.04. The molecule has 1 rings (SSSR count). The predicted octanol–water partition coefficient (Wildman–Crippen LogP) is 1.62. The number of hydrogen-bond acceptors (Lipinski definition) is 2. The van der Waals surface area contributed by atoms with E-state index in [1.165, 1.54) is 0 Å². The zero-order valence-electron chi connectivity index (χ0n) is 10.6. The van der Waals surface area contributed by atoms with Gasteiger partial charge < -0.3 is 21.5 Å². The van der Waals surface area contributed by atoms with E-state index in [1.807, 2.05) is 18.2 Å². The third-order valence-electron chi connectivity index (χ3n) is 2.31. The number of methoxy groups -OCH3 is 1. The van der Waals surface area contributed by atoms with E-state index < -0.39 is 0 Å². The number of aliphatic imine (C=N–C) groups is 1. The average molecular weight is 266 g/mol. The normalized spacial score (nSPS) is 9.67. The third-order valence-corrected chi connectivity index (χ3v) is 2.51. The van der Waals surface area contributed by atoms with Gasteiger partial charge in [-0.15, -0.1) is 0 Å². The van der Waals surface area contributed by atoms with Crippen LogP contribution >= 0.6 is 12.2 Å². The summed E-state index contributed by atoms with van der Waals surface area (Å²) in [5, 5.41) is 3.22. The first kappa shape index (κ1) is 14.2. The quantitative estimate of drug-likeness (QED) is 0.438. The molecule has 0 aliphatic heterocycles. The van der Waals surface area contributed by atoms with E-state index >= 15 is 0 Å². The molecule has 98 valence electrons. The minimum atomic E-state index is -0.0700. The maximum atomic E-state index is 5.31. The second-order valence-electron chi connectivity index (χ2n) is 3.71. The molecule has 0 heterocycles. The lowest BCUT2D eigenvalue weighted by molar-refractivity contribution is 0.416. The molecule has 0 saturated heterocycles. The van der Waals surface area contributed by atoms with Crippen molar-refractivity contribution in [3.8, 4) is 5.75 Å². The second-order valence-corrected chi connectivity index (χ2v) is 4.10. The molecular formula is C12H18N4OS. The number of guanidine groups is 1. The summed E-state index contributed by atoms with van der Waals surface area (Å²) in [6.45, 7) is 2.11. The summed E-state index contributed by atoms with van der Waals surface area (Å²) < 4.78 is 5.31. The monoisotopic (exact) mass is 266 g/mol. The summed E-state index contributed by atoms with van der Waals surface area (Å²) >= 11 is 5.05. The van der Waals surface area contributed by atoms with Crippen LogP contribution in [0.25, 0.3) is 0 Å². The maximum Gasteiger partial charge on any atom is 0.200 e. The summed E-state index contributed by atoms with van der Waals surface area (Å²) in [6, 6.07) is 5.82. The van der Waals surface area contributed by atoms with E-state index in [2.05, 4.69) is 17.2 Å². The number of nitrogens with zero attached hydrogens (tertiary/aromatic N) is 1. The highest BCUT2D eigenvalue weighted by atomic mass is 32.1. The Bertz CT molecular complexity index is 455. The number of hydrogen-bond donors (Lipinski definition) is 3. The second kappa shape index (κ2) is 6.80. The fraction of sp³-hybridized carbons (Fsp3) is 0.333. The largest absolute Gasteiger partial charge is 0.495 e. The number of nitrogens with one attached hydrogen (secondary N) is 1. The van der Waals surface area contributed by atoms with Crippen LogP contribution in [0.15, 0.2) is 23.2 Å². The summed E-state index contributed by atoms with van der Waals surface area (Å²) in [4.78, 5) is 3.79. The summed E-state index contributed by atoms with van der Waals surface area (Å²) in [6.07, 6.45) is 1.95. The molecule has 0 saturated carbocycles. The lowest BCUT2D eigenvalue weighted by Gasteiger charge is -2.14. The van der Waals surface area contributed by atoms with Crippen LogP contribution in [-0.4, -0.2) is 18.2 Å². The zero-order valence-corrected chi connectivity index (χ0v) is 11.4. The number of benzene rings is 1. The van der Waals surface area contributed by atoms with Gasteiger partial charge in [-0.2, -0.15) is 4.99 Å². The van der Waals surface area contributed by atoms with Gasteiger partial charge in [-0.3, -0.25) is 0 Å². The van der Waals surface area contributed by atoms with Crippen molar-refractivity contribution in [1.29, 1.82) is 0 Å². The highest BCUT2D eigenvalue weighted by Crippen LogP contribution is 2.29. The Morgan fingerprint density at radius 3 is 2.72 bits per heavy atom. The van der Waals surface area contributed by atoms with Crippen molar-refractivity contribution in [3.63, 3.8) is 0 Å². The van der Waals surface area contributed by atoms with Gasteiger partial charge in [0.15, 0.2) is 5.96 Å². The Kier molecular flexibility index (Phi) is 5.38. The van der Waals surface area contributed by atoms with E-state index in [4.69, 9.17) is 28.4 Å². The highest BCUT2D eigenvalue weighted by molar-refractivity contribution is 7.80. The predicted molar refractivity (Wildman–Crippen MR) is 79.0 cm³/mol. The van der Waals surface area contributed by atoms with Gasteiger partial charge in [0.05, 0.1) is 12.8 Å². The molecule has 0 fully saturated rings. The smallest absolute Gasteiger partial charge is 0.200 e. The average Bonchev–Trinajstić information content (AvgIpc) is 2.30. The lowest BCUT2D eigenvalue weighted by atomic mass is 10.1. The molecule has 6 heteroatoms. The number of para-hydroxylation sites is 1. The van der Waals surface area contributed by atoms with E-state index in [0.717, 1.165) is 24.1 Å². The number of nitrogens with two attached hydrogens (primary N) is 2. The Labute approximate surface area is 112 Å². The van der Waals surface area contributed by atoms with E-state index in [1.54, 1.807) is 7.11 Å². The van der Waals surface area contributed by atoms with Crippen LogP contribution in [0.5, 0.6) is 5.75 Å². The molecule has 0 bridgehead atoms. The van der Waals surface area contributed by atoms with Gasteiger partial charge in [-0.05, 0) is 30.3 Å². The molecule has 0 radical (unpaired) electrons. The molecule has 5 nitrogen and oxygen atoms in total. The molecule has 0 amide bonds. The maximum absolute atomic E-state index is 5.31. The topological polar surface area (TPSA) is 85.7 Å². The lowest BCUT2D eigenvalue weighted by Crippen LogP contribution is -2.25. The molecule has 0 atom stereocenters. The Hall–Kier alpha value is -1.82. The van der Waals surface area contributed by atoms with Gasteiger partial charge >= 0.3 is 0 Å². The van der Waals surface area contributed by atoms with Crippen molar-refractivity contribution in [2.75, 3.05) is 12.4 Å². The number of anilines is 1. The van der Waals surface area contributed by atoms with Crippen molar-refractivity contribution in [1.82, 2.24) is 0 Å². The molecule has 1 aromatic carbocycles. The molecule has 5 N–H and O–H groups in total. The fourth-order valence-electron chi connectivity index (χ4n) is 1.62. The van der Waals surface area contributed by atoms with Crippen LogP contribution in [0.3, 0.4) is 0 Å². The van der Waals surface area contributed by atoms with Crippen molar-refractivity contribution in [2.45, 2.75) is 19.8 Å². The zero-order chi connectivity index (χ0) is 13.5. The number of aryl methyl sites for hydroxylation is 1. The SMILES string of the molecule is CCCc1cccc(OC)c1NC(=S)N=C(N)N. The van der Waals surface area contributed by atoms with Crippen LogP contribution in [0.2, 0.25) is 0 Å². The van der Waals surface area contributed by atoms with Gasteiger partial charge in [0.1, 0.15) is 5.75 Å². The van der Waals surface area contributed by atoms with Crippen LogP contribution in [0.1, 0.15) is 18.9 Å². The van der Waals surface area contributed by atoms with E-state index in [9.17, 15) is 0 Å². The van der Waals surface area contributed by atoms with Gasteiger partial charge in [0.25, 0.3) is 0 Å². The molecule has 0 unspecified atom stereocenters. The van der Waals surface area contributed by atoms with Crippen LogP contribution < -0.4 is 21.5 Å². The van der Waals surface area contributed by atoms with E-state index in [0.29, 0.717) is 5.75 Å². The summed E-state index contributed by atoms with van der Waals surface area (Å²) in [5.41, 5.74) is 12.5. The van der Waals surface area contributed by atoms with Gasteiger partial charge in [0.2, 0.25) is 5.11 Å². The summed E-state index contributed by atoms with van der Waals surface area (Å²) in [5.74, 6) is 0.647. The Morgan fingerprint density at radius 1 is 1.44 bits per heavy atom. The van der Waals surface area contributed by atoms with Crippen molar-refractivity contribution < 1.29 is 4.74 Å². The molecule has 1 aromatic rings.